The molecule has 0 aliphatic carbocycles. The van der Waals surface area contributed by atoms with Crippen molar-refractivity contribution in [3.63, 3.8) is 0 Å². The Morgan fingerprint density at radius 1 is 1.26 bits per heavy atom. The molecule has 0 saturated heterocycles. The maximum Gasteiger partial charge on any atom is 0.138 e. The molecule has 0 unspecified atom stereocenters. The number of halogens is 1. The van der Waals surface area contributed by atoms with E-state index in [1.54, 1.807) is 6.07 Å². The van der Waals surface area contributed by atoms with Crippen LogP contribution < -0.4 is 10.1 Å². The van der Waals surface area contributed by atoms with E-state index in [0.29, 0.717) is 29.7 Å². The smallest absolute Gasteiger partial charge is 0.138 e. The van der Waals surface area contributed by atoms with E-state index in [-0.39, 0.29) is 6.61 Å². The monoisotopic (exact) mass is 281 g/mol. The second-order valence-corrected chi connectivity index (χ2v) is 4.37. The van der Waals surface area contributed by atoms with Crippen molar-refractivity contribution >= 4 is 17.3 Å². The average molecular weight is 282 g/mol. The summed E-state index contributed by atoms with van der Waals surface area (Å²) in [4.78, 5) is 0. The SMILES string of the molecule is CCOc1ccc(NCc2ccc(CO)o2)cc1Cl. The van der Waals surface area contributed by atoms with Gasteiger partial charge >= 0.3 is 0 Å². The van der Waals surface area contributed by atoms with Gasteiger partial charge in [-0.05, 0) is 37.3 Å². The molecule has 2 rings (SSSR count). The molecule has 1 heterocycles. The molecule has 0 fully saturated rings. The minimum Gasteiger partial charge on any atom is -0.492 e. The number of anilines is 1. The standard InChI is InChI=1S/C14H16ClNO3/c1-2-18-14-6-3-10(7-13(14)15)16-8-11-4-5-12(9-17)19-11/h3-7,16-17H,2,8-9H2,1H3. The van der Waals surface area contributed by atoms with Gasteiger partial charge in [-0.1, -0.05) is 11.6 Å². The van der Waals surface area contributed by atoms with E-state index < -0.39 is 0 Å². The normalized spacial score (nSPS) is 10.5. The number of rotatable bonds is 6. The van der Waals surface area contributed by atoms with Gasteiger partial charge < -0.3 is 19.6 Å². The first-order valence-corrected chi connectivity index (χ1v) is 6.45. The number of hydrogen-bond acceptors (Lipinski definition) is 4. The third-order valence-electron chi connectivity index (χ3n) is 2.57. The number of benzene rings is 1. The Kier molecular flexibility index (Phi) is 4.71. The zero-order valence-corrected chi connectivity index (χ0v) is 11.4. The second-order valence-electron chi connectivity index (χ2n) is 3.96. The molecule has 5 heteroatoms. The quantitative estimate of drug-likeness (QED) is 0.852. The fourth-order valence-electron chi connectivity index (χ4n) is 1.67. The van der Waals surface area contributed by atoms with Crippen molar-refractivity contribution in [1.82, 2.24) is 0 Å². The first-order valence-electron chi connectivity index (χ1n) is 6.07. The number of aliphatic hydroxyl groups excluding tert-OH is 1. The zero-order valence-electron chi connectivity index (χ0n) is 10.6. The topological polar surface area (TPSA) is 54.6 Å². The molecule has 2 aromatic rings. The van der Waals surface area contributed by atoms with Crippen LogP contribution in [0.15, 0.2) is 34.7 Å². The van der Waals surface area contributed by atoms with Crippen LogP contribution in [-0.4, -0.2) is 11.7 Å². The Labute approximate surface area is 117 Å². The summed E-state index contributed by atoms with van der Waals surface area (Å²) < 4.78 is 10.7. The van der Waals surface area contributed by atoms with Crippen LogP contribution in [0.25, 0.3) is 0 Å². The lowest BCUT2D eigenvalue weighted by Gasteiger charge is -2.09. The van der Waals surface area contributed by atoms with E-state index in [1.165, 1.54) is 0 Å². The first-order chi connectivity index (χ1) is 9.22. The highest BCUT2D eigenvalue weighted by Crippen LogP contribution is 2.27. The van der Waals surface area contributed by atoms with Gasteiger partial charge in [0, 0.05) is 5.69 Å². The molecular formula is C14H16ClNO3. The highest BCUT2D eigenvalue weighted by Gasteiger charge is 2.04. The van der Waals surface area contributed by atoms with Gasteiger partial charge in [0.1, 0.15) is 23.9 Å². The summed E-state index contributed by atoms with van der Waals surface area (Å²) in [6.07, 6.45) is 0. The third kappa shape index (κ3) is 3.66. The van der Waals surface area contributed by atoms with E-state index >= 15 is 0 Å². The summed E-state index contributed by atoms with van der Waals surface area (Å²) >= 11 is 6.09. The van der Waals surface area contributed by atoms with E-state index in [1.807, 2.05) is 31.2 Å². The molecule has 19 heavy (non-hydrogen) atoms. The molecule has 2 N–H and O–H groups in total. The lowest BCUT2D eigenvalue weighted by atomic mass is 10.3. The summed E-state index contributed by atoms with van der Waals surface area (Å²) in [5.41, 5.74) is 0.885. The molecule has 1 aromatic heterocycles. The van der Waals surface area contributed by atoms with Crippen LogP contribution in [0, 0.1) is 0 Å². The van der Waals surface area contributed by atoms with Gasteiger partial charge in [-0.25, -0.2) is 0 Å². The summed E-state index contributed by atoms with van der Waals surface area (Å²) in [7, 11) is 0. The lowest BCUT2D eigenvalue weighted by molar-refractivity contribution is 0.244. The highest BCUT2D eigenvalue weighted by atomic mass is 35.5. The van der Waals surface area contributed by atoms with Crippen LogP contribution >= 0.6 is 11.6 Å². The van der Waals surface area contributed by atoms with Crippen molar-refractivity contribution < 1.29 is 14.3 Å². The lowest BCUT2D eigenvalue weighted by Crippen LogP contribution is -1.99. The summed E-state index contributed by atoms with van der Waals surface area (Å²) in [6, 6.07) is 9.11. The predicted molar refractivity (Wildman–Crippen MR) is 74.6 cm³/mol. The Morgan fingerprint density at radius 2 is 2.05 bits per heavy atom. The minimum absolute atomic E-state index is 0.0884. The number of aliphatic hydroxyl groups is 1. The molecule has 0 radical (unpaired) electrons. The molecule has 1 aromatic carbocycles. The summed E-state index contributed by atoms with van der Waals surface area (Å²) in [5.74, 6) is 1.99. The van der Waals surface area contributed by atoms with Gasteiger partial charge in [0.2, 0.25) is 0 Å². The minimum atomic E-state index is -0.0884. The van der Waals surface area contributed by atoms with E-state index in [0.717, 1.165) is 11.4 Å². The van der Waals surface area contributed by atoms with Gasteiger partial charge in [0.15, 0.2) is 0 Å². The van der Waals surface area contributed by atoms with Gasteiger partial charge in [-0.2, -0.15) is 0 Å². The number of nitrogens with one attached hydrogen (secondary N) is 1. The van der Waals surface area contributed by atoms with Crippen LogP contribution in [-0.2, 0) is 13.2 Å². The van der Waals surface area contributed by atoms with Gasteiger partial charge in [-0.15, -0.1) is 0 Å². The Morgan fingerprint density at radius 3 is 2.68 bits per heavy atom. The molecule has 0 aliphatic rings. The van der Waals surface area contributed by atoms with Gasteiger partial charge in [-0.3, -0.25) is 0 Å². The molecule has 0 aliphatic heterocycles. The van der Waals surface area contributed by atoms with Crippen LogP contribution in [0.4, 0.5) is 5.69 Å². The van der Waals surface area contributed by atoms with Crippen molar-refractivity contribution in [3.05, 3.63) is 46.9 Å². The maximum atomic E-state index is 8.91. The third-order valence-corrected chi connectivity index (χ3v) is 2.87. The fourth-order valence-corrected chi connectivity index (χ4v) is 1.91. The zero-order chi connectivity index (χ0) is 13.7. The van der Waals surface area contributed by atoms with Crippen LogP contribution in [0.1, 0.15) is 18.4 Å². The molecule has 0 bridgehead atoms. The largest absolute Gasteiger partial charge is 0.492 e. The van der Waals surface area contributed by atoms with Crippen molar-refractivity contribution in [1.29, 1.82) is 0 Å². The molecule has 102 valence electrons. The first kappa shape index (κ1) is 13.8. The van der Waals surface area contributed by atoms with Crippen LogP contribution in [0.2, 0.25) is 5.02 Å². The number of hydrogen-bond donors (Lipinski definition) is 2. The van der Waals surface area contributed by atoms with E-state index in [9.17, 15) is 0 Å². The molecule has 0 atom stereocenters. The van der Waals surface area contributed by atoms with Crippen LogP contribution in [0.3, 0.4) is 0 Å². The molecule has 0 spiro atoms. The van der Waals surface area contributed by atoms with Gasteiger partial charge in [0.25, 0.3) is 0 Å². The average Bonchev–Trinajstić information content (AvgIpc) is 2.87. The number of furan rings is 1. The second kappa shape index (κ2) is 6.50. The predicted octanol–water partition coefficient (Wildman–Crippen LogP) is 3.44. The maximum absolute atomic E-state index is 8.91. The summed E-state index contributed by atoms with van der Waals surface area (Å²) in [5, 5.41) is 12.7. The van der Waals surface area contributed by atoms with Crippen molar-refractivity contribution in [2.45, 2.75) is 20.1 Å². The molecule has 0 amide bonds. The van der Waals surface area contributed by atoms with Crippen molar-refractivity contribution in [2.75, 3.05) is 11.9 Å². The molecule has 0 saturated carbocycles. The Balaban J connectivity index is 1.97. The molecular weight excluding hydrogens is 266 g/mol. The fraction of sp³-hybridized carbons (Fsp3) is 0.286. The van der Waals surface area contributed by atoms with Crippen LogP contribution in [0.5, 0.6) is 5.75 Å². The highest BCUT2D eigenvalue weighted by molar-refractivity contribution is 6.32. The Bertz CT molecular complexity index is 539. The van der Waals surface area contributed by atoms with Crippen molar-refractivity contribution in [3.8, 4) is 5.75 Å². The van der Waals surface area contributed by atoms with E-state index in [4.69, 9.17) is 25.9 Å². The summed E-state index contributed by atoms with van der Waals surface area (Å²) in [6.45, 7) is 2.94. The van der Waals surface area contributed by atoms with Gasteiger partial charge in [0.05, 0.1) is 18.2 Å². The Hall–Kier alpha value is -1.65. The molecule has 4 nitrogen and oxygen atoms in total. The number of ether oxygens (including phenoxy) is 1. The van der Waals surface area contributed by atoms with Crippen molar-refractivity contribution in [2.24, 2.45) is 0 Å². The van der Waals surface area contributed by atoms with E-state index in [2.05, 4.69) is 5.32 Å².